The van der Waals surface area contributed by atoms with Crippen LogP contribution in [0.4, 0.5) is 5.69 Å². The van der Waals surface area contributed by atoms with Crippen LogP contribution in [-0.2, 0) is 19.7 Å². The molecular formula is C22H37NO4. The van der Waals surface area contributed by atoms with E-state index in [0.29, 0.717) is 13.2 Å². The second-order valence-corrected chi connectivity index (χ2v) is 9.16. The molecule has 5 nitrogen and oxygen atoms in total. The van der Waals surface area contributed by atoms with Crippen LogP contribution in [0.15, 0.2) is 24.3 Å². The van der Waals surface area contributed by atoms with Gasteiger partial charge in [0.15, 0.2) is 0 Å². The molecule has 1 N–H and O–H groups in total. The second kappa shape index (κ2) is 9.67. The van der Waals surface area contributed by atoms with Gasteiger partial charge in [-0.2, -0.15) is 0 Å². The molecule has 0 saturated carbocycles. The number of rotatable bonds is 8. The predicted octanol–water partition coefficient (Wildman–Crippen LogP) is 3.98. The fourth-order valence-corrected chi connectivity index (χ4v) is 3.02. The number of benzene rings is 1. The summed E-state index contributed by atoms with van der Waals surface area (Å²) in [5, 5.41) is 10.7. The first-order valence-corrected chi connectivity index (χ1v) is 9.57. The third-order valence-corrected chi connectivity index (χ3v) is 4.67. The van der Waals surface area contributed by atoms with Gasteiger partial charge in [-0.3, -0.25) is 9.69 Å². The molecule has 0 heterocycles. The number of carbonyl (C=O) groups is 1. The summed E-state index contributed by atoms with van der Waals surface area (Å²) in [7, 11) is 1.61. The maximum absolute atomic E-state index is 13.3. The van der Waals surface area contributed by atoms with Gasteiger partial charge in [0.05, 0.1) is 25.2 Å². The van der Waals surface area contributed by atoms with Crippen molar-refractivity contribution in [3.63, 3.8) is 0 Å². The zero-order valence-electron chi connectivity index (χ0n) is 18.2. The van der Waals surface area contributed by atoms with Crippen molar-refractivity contribution in [1.82, 2.24) is 0 Å². The highest BCUT2D eigenvalue weighted by Crippen LogP contribution is 2.34. The van der Waals surface area contributed by atoms with Gasteiger partial charge < -0.3 is 14.6 Å². The molecule has 0 aliphatic rings. The summed E-state index contributed by atoms with van der Waals surface area (Å²) in [5.41, 5.74) is 1.36. The third kappa shape index (κ3) is 6.59. The summed E-state index contributed by atoms with van der Waals surface area (Å²) >= 11 is 0. The maximum atomic E-state index is 13.3. The van der Waals surface area contributed by atoms with Crippen molar-refractivity contribution in [3.05, 3.63) is 29.8 Å². The van der Waals surface area contributed by atoms with Crippen LogP contribution >= 0.6 is 0 Å². The Bertz CT molecular complexity index is 601. The lowest BCUT2D eigenvalue weighted by atomic mass is 9.81. The molecule has 0 spiro atoms. The molecule has 0 unspecified atom stereocenters. The SMILES string of the molecule is COCCOCN(C(=O)[C@@H](C)[C@H](O)C(C)(C)C)c1ccccc1C(C)(C)C. The summed E-state index contributed by atoms with van der Waals surface area (Å²) < 4.78 is 10.7. The van der Waals surface area contributed by atoms with Gasteiger partial charge >= 0.3 is 0 Å². The van der Waals surface area contributed by atoms with Gasteiger partial charge in [-0.15, -0.1) is 0 Å². The number of anilines is 1. The van der Waals surface area contributed by atoms with Crippen LogP contribution in [0, 0.1) is 11.3 Å². The molecule has 0 aliphatic heterocycles. The van der Waals surface area contributed by atoms with Crippen molar-refractivity contribution in [2.45, 2.75) is 60.0 Å². The monoisotopic (exact) mass is 379 g/mol. The normalized spacial score (nSPS) is 14.7. The van der Waals surface area contributed by atoms with Gasteiger partial charge in [0.2, 0.25) is 5.91 Å². The average Bonchev–Trinajstić information content (AvgIpc) is 2.58. The van der Waals surface area contributed by atoms with E-state index in [2.05, 4.69) is 20.8 Å². The quantitative estimate of drug-likeness (QED) is 0.548. The lowest BCUT2D eigenvalue weighted by Crippen LogP contribution is -2.45. The highest BCUT2D eigenvalue weighted by atomic mass is 16.5. The fraction of sp³-hybridized carbons (Fsp3) is 0.682. The number of ether oxygens (including phenoxy) is 2. The molecule has 0 aliphatic carbocycles. The molecular weight excluding hydrogens is 342 g/mol. The first-order valence-electron chi connectivity index (χ1n) is 9.57. The average molecular weight is 380 g/mol. The van der Waals surface area contributed by atoms with Gasteiger partial charge in [-0.1, -0.05) is 66.7 Å². The summed E-state index contributed by atoms with van der Waals surface area (Å²) in [5.74, 6) is -0.699. The molecule has 1 amide bonds. The Kier molecular flexibility index (Phi) is 8.46. The van der Waals surface area contributed by atoms with Crippen molar-refractivity contribution in [2.24, 2.45) is 11.3 Å². The van der Waals surface area contributed by atoms with E-state index in [1.54, 1.807) is 18.9 Å². The molecule has 1 aromatic carbocycles. The van der Waals surface area contributed by atoms with Gasteiger partial charge in [-0.05, 0) is 22.5 Å². The van der Waals surface area contributed by atoms with Crippen LogP contribution in [-0.4, -0.2) is 44.2 Å². The summed E-state index contributed by atoms with van der Waals surface area (Å²) in [6.07, 6.45) is -0.756. The number of carbonyl (C=O) groups excluding carboxylic acids is 1. The molecule has 0 aromatic heterocycles. The lowest BCUT2D eigenvalue weighted by molar-refractivity contribution is -0.129. The fourth-order valence-electron chi connectivity index (χ4n) is 3.02. The smallest absolute Gasteiger partial charge is 0.234 e. The van der Waals surface area contributed by atoms with Crippen molar-refractivity contribution in [1.29, 1.82) is 0 Å². The second-order valence-electron chi connectivity index (χ2n) is 9.16. The Morgan fingerprint density at radius 2 is 1.70 bits per heavy atom. The topological polar surface area (TPSA) is 59.0 Å². The Morgan fingerprint density at radius 1 is 1.11 bits per heavy atom. The number of methoxy groups -OCH3 is 1. The van der Waals surface area contributed by atoms with E-state index in [1.165, 1.54) is 0 Å². The standard InChI is InChI=1S/C22H37NO4/c1-16(19(24)22(5,6)7)20(25)23(15-27-14-13-26-8)18-12-10-9-11-17(18)21(2,3)4/h9-12,16,19,24H,13-15H2,1-8H3/t16-,19-/m0/s1. The van der Waals surface area contributed by atoms with E-state index in [-0.39, 0.29) is 23.5 Å². The zero-order chi connectivity index (χ0) is 20.8. The zero-order valence-corrected chi connectivity index (χ0v) is 18.2. The van der Waals surface area contributed by atoms with E-state index in [9.17, 15) is 9.90 Å². The highest BCUT2D eigenvalue weighted by molar-refractivity contribution is 5.96. The first-order chi connectivity index (χ1) is 12.4. The van der Waals surface area contributed by atoms with Crippen LogP contribution < -0.4 is 4.90 Å². The van der Waals surface area contributed by atoms with Crippen LogP contribution in [0.2, 0.25) is 0 Å². The third-order valence-electron chi connectivity index (χ3n) is 4.67. The molecule has 0 saturated heterocycles. The minimum Gasteiger partial charge on any atom is -0.392 e. The number of amides is 1. The molecule has 2 atom stereocenters. The van der Waals surface area contributed by atoms with Crippen molar-refractivity contribution < 1.29 is 19.4 Å². The Hall–Kier alpha value is -1.43. The van der Waals surface area contributed by atoms with Crippen molar-refractivity contribution in [2.75, 3.05) is 32.0 Å². The van der Waals surface area contributed by atoms with Crippen molar-refractivity contribution in [3.8, 4) is 0 Å². The predicted molar refractivity (Wildman–Crippen MR) is 110 cm³/mol. The number of aliphatic hydroxyl groups excluding tert-OH is 1. The van der Waals surface area contributed by atoms with Gasteiger partial charge in [0.1, 0.15) is 6.73 Å². The molecule has 0 fully saturated rings. The number of aliphatic hydroxyl groups is 1. The summed E-state index contributed by atoms with van der Waals surface area (Å²) in [6, 6.07) is 7.88. The molecule has 0 radical (unpaired) electrons. The van der Waals surface area contributed by atoms with Crippen molar-refractivity contribution >= 4 is 11.6 Å². The molecule has 27 heavy (non-hydrogen) atoms. The minimum atomic E-state index is -0.756. The maximum Gasteiger partial charge on any atom is 0.234 e. The highest BCUT2D eigenvalue weighted by Gasteiger charge is 2.36. The lowest BCUT2D eigenvalue weighted by Gasteiger charge is -2.35. The van der Waals surface area contributed by atoms with E-state index in [0.717, 1.165) is 11.3 Å². The summed E-state index contributed by atoms with van der Waals surface area (Å²) in [6.45, 7) is 14.9. The molecule has 1 rings (SSSR count). The van der Waals surface area contributed by atoms with Gasteiger partial charge in [-0.25, -0.2) is 0 Å². The summed E-state index contributed by atoms with van der Waals surface area (Å²) in [4.78, 5) is 15.0. The van der Waals surface area contributed by atoms with Gasteiger partial charge in [0, 0.05) is 12.8 Å². The minimum absolute atomic E-state index is 0.122. The van der Waals surface area contributed by atoms with Crippen LogP contribution in [0.5, 0.6) is 0 Å². The molecule has 5 heteroatoms. The Morgan fingerprint density at radius 3 is 2.22 bits per heavy atom. The Balaban J connectivity index is 3.24. The largest absolute Gasteiger partial charge is 0.392 e. The molecule has 154 valence electrons. The first kappa shape index (κ1) is 23.6. The van der Waals surface area contributed by atoms with Crippen LogP contribution in [0.1, 0.15) is 54.0 Å². The molecule has 1 aromatic rings. The van der Waals surface area contributed by atoms with Crippen LogP contribution in [0.3, 0.4) is 0 Å². The number of hydrogen-bond donors (Lipinski definition) is 1. The van der Waals surface area contributed by atoms with Gasteiger partial charge in [0.25, 0.3) is 0 Å². The van der Waals surface area contributed by atoms with E-state index < -0.39 is 12.0 Å². The van der Waals surface area contributed by atoms with E-state index >= 15 is 0 Å². The van der Waals surface area contributed by atoms with E-state index in [4.69, 9.17) is 9.47 Å². The molecule has 0 bridgehead atoms. The number of nitrogens with zero attached hydrogens (tertiary/aromatic N) is 1. The Labute approximate surface area is 164 Å². The number of para-hydroxylation sites is 1. The van der Waals surface area contributed by atoms with E-state index in [1.807, 2.05) is 45.0 Å². The number of hydrogen-bond acceptors (Lipinski definition) is 4. The van der Waals surface area contributed by atoms with Crippen LogP contribution in [0.25, 0.3) is 0 Å².